The predicted octanol–water partition coefficient (Wildman–Crippen LogP) is 1.16. The van der Waals surface area contributed by atoms with Crippen LogP contribution in [0.15, 0.2) is 30.7 Å². The van der Waals surface area contributed by atoms with E-state index >= 15 is 0 Å². The van der Waals surface area contributed by atoms with Gasteiger partial charge in [-0.3, -0.25) is 9.89 Å². The van der Waals surface area contributed by atoms with Gasteiger partial charge in [0, 0.05) is 31.0 Å². The van der Waals surface area contributed by atoms with E-state index in [9.17, 15) is 4.79 Å². The molecule has 84 valence electrons. The molecule has 2 N–H and O–H groups in total. The summed E-state index contributed by atoms with van der Waals surface area (Å²) < 4.78 is 1.91. The highest BCUT2D eigenvalue weighted by Gasteiger charge is 2.09. The molecule has 16 heavy (non-hydrogen) atoms. The average Bonchev–Trinajstić information content (AvgIpc) is 2.96. The van der Waals surface area contributed by atoms with Crippen molar-refractivity contribution in [1.82, 2.24) is 20.1 Å². The molecule has 0 fully saturated rings. The maximum atomic E-state index is 11.8. The molecule has 5 heteroatoms. The summed E-state index contributed by atoms with van der Waals surface area (Å²) in [4.78, 5) is 11.8. The van der Waals surface area contributed by atoms with Crippen LogP contribution in [0.25, 0.3) is 0 Å². The van der Waals surface area contributed by atoms with Gasteiger partial charge in [-0.1, -0.05) is 0 Å². The van der Waals surface area contributed by atoms with Crippen molar-refractivity contribution in [3.8, 4) is 0 Å². The Hall–Kier alpha value is -2.04. The summed E-state index contributed by atoms with van der Waals surface area (Å²) in [6.07, 6.45) is 5.35. The SMILES string of the molecule is CCn1cccc1C(=O)NCc1cn[nH]c1. The highest BCUT2D eigenvalue weighted by atomic mass is 16.1. The number of amides is 1. The van der Waals surface area contributed by atoms with Gasteiger partial charge in [0.2, 0.25) is 0 Å². The first-order chi connectivity index (χ1) is 7.81. The van der Waals surface area contributed by atoms with Crippen molar-refractivity contribution in [1.29, 1.82) is 0 Å². The van der Waals surface area contributed by atoms with Crippen molar-refractivity contribution in [3.63, 3.8) is 0 Å². The number of aromatic amines is 1. The Balaban J connectivity index is 1.98. The minimum Gasteiger partial charge on any atom is -0.347 e. The second-order valence-corrected chi connectivity index (χ2v) is 3.47. The number of nitrogens with one attached hydrogen (secondary N) is 2. The number of hydrogen-bond donors (Lipinski definition) is 2. The number of carbonyl (C=O) groups is 1. The Bertz CT molecular complexity index is 458. The van der Waals surface area contributed by atoms with Gasteiger partial charge in [-0.15, -0.1) is 0 Å². The molecule has 0 aromatic carbocycles. The van der Waals surface area contributed by atoms with E-state index in [4.69, 9.17) is 0 Å². The Morgan fingerprint density at radius 2 is 2.50 bits per heavy atom. The van der Waals surface area contributed by atoms with E-state index in [-0.39, 0.29) is 5.91 Å². The van der Waals surface area contributed by atoms with Crippen molar-refractivity contribution in [2.24, 2.45) is 0 Å². The van der Waals surface area contributed by atoms with Gasteiger partial charge < -0.3 is 9.88 Å². The van der Waals surface area contributed by atoms with Gasteiger partial charge in [0.25, 0.3) is 5.91 Å². The van der Waals surface area contributed by atoms with E-state index in [0.717, 1.165) is 12.1 Å². The smallest absolute Gasteiger partial charge is 0.268 e. The largest absolute Gasteiger partial charge is 0.347 e. The molecule has 0 aliphatic heterocycles. The monoisotopic (exact) mass is 218 g/mol. The number of hydrogen-bond acceptors (Lipinski definition) is 2. The number of H-pyrrole nitrogens is 1. The summed E-state index contributed by atoms with van der Waals surface area (Å²) in [5.74, 6) is -0.0620. The molecule has 0 unspecified atom stereocenters. The summed E-state index contributed by atoms with van der Waals surface area (Å²) in [6, 6.07) is 3.68. The lowest BCUT2D eigenvalue weighted by Crippen LogP contribution is -2.25. The molecule has 0 atom stereocenters. The zero-order valence-electron chi connectivity index (χ0n) is 9.10. The van der Waals surface area contributed by atoms with Gasteiger partial charge in [0.15, 0.2) is 0 Å². The van der Waals surface area contributed by atoms with E-state index < -0.39 is 0 Å². The average molecular weight is 218 g/mol. The Labute approximate surface area is 93.5 Å². The summed E-state index contributed by atoms with van der Waals surface area (Å²) in [5.41, 5.74) is 1.65. The van der Waals surface area contributed by atoms with Crippen molar-refractivity contribution < 1.29 is 4.79 Å². The van der Waals surface area contributed by atoms with Gasteiger partial charge in [0.05, 0.1) is 6.20 Å². The molecule has 0 aliphatic carbocycles. The lowest BCUT2D eigenvalue weighted by atomic mass is 10.3. The minimum atomic E-state index is -0.0620. The van der Waals surface area contributed by atoms with E-state index in [1.807, 2.05) is 29.8 Å². The minimum absolute atomic E-state index is 0.0620. The highest BCUT2D eigenvalue weighted by molar-refractivity contribution is 5.92. The zero-order valence-corrected chi connectivity index (χ0v) is 9.10. The number of carbonyl (C=O) groups excluding carboxylic acids is 1. The fourth-order valence-corrected chi connectivity index (χ4v) is 1.54. The number of nitrogens with zero attached hydrogens (tertiary/aromatic N) is 2. The van der Waals surface area contributed by atoms with Crippen molar-refractivity contribution >= 4 is 5.91 Å². The van der Waals surface area contributed by atoms with Crippen LogP contribution in [-0.4, -0.2) is 20.7 Å². The normalized spacial score (nSPS) is 10.3. The fourth-order valence-electron chi connectivity index (χ4n) is 1.54. The number of rotatable bonds is 4. The van der Waals surface area contributed by atoms with Crippen LogP contribution in [0.1, 0.15) is 23.0 Å². The predicted molar refractivity (Wildman–Crippen MR) is 59.9 cm³/mol. The molecular formula is C11H14N4O. The molecule has 0 bridgehead atoms. The topological polar surface area (TPSA) is 62.7 Å². The van der Waals surface area contributed by atoms with E-state index in [0.29, 0.717) is 12.2 Å². The van der Waals surface area contributed by atoms with Gasteiger partial charge >= 0.3 is 0 Å². The molecule has 0 spiro atoms. The number of aromatic nitrogens is 3. The third-order valence-electron chi connectivity index (χ3n) is 2.41. The first-order valence-electron chi connectivity index (χ1n) is 5.22. The van der Waals surface area contributed by atoms with Crippen molar-refractivity contribution in [2.75, 3.05) is 0 Å². The third-order valence-corrected chi connectivity index (χ3v) is 2.41. The van der Waals surface area contributed by atoms with Crippen LogP contribution in [0.3, 0.4) is 0 Å². The Kier molecular flexibility index (Phi) is 3.05. The molecule has 0 aliphatic rings. The molecule has 0 saturated heterocycles. The quantitative estimate of drug-likeness (QED) is 0.809. The lowest BCUT2D eigenvalue weighted by Gasteiger charge is -2.06. The van der Waals surface area contributed by atoms with Crippen LogP contribution in [0.5, 0.6) is 0 Å². The summed E-state index contributed by atoms with van der Waals surface area (Å²) >= 11 is 0. The molecule has 1 amide bonds. The van der Waals surface area contributed by atoms with E-state index in [1.54, 1.807) is 12.4 Å². The summed E-state index contributed by atoms with van der Waals surface area (Å²) in [6.45, 7) is 3.29. The molecular weight excluding hydrogens is 204 g/mol. The van der Waals surface area contributed by atoms with Gasteiger partial charge in [-0.05, 0) is 19.1 Å². The second-order valence-electron chi connectivity index (χ2n) is 3.47. The lowest BCUT2D eigenvalue weighted by molar-refractivity contribution is 0.0942. The van der Waals surface area contributed by atoms with Crippen LogP contribution < -0.4 is 5.32 Å². The van der Waals surface area contributed by atoms with Gasteiger partial charge in [0.1, 0.15) is 5.69 Å². The third kappa shape index (κ3) is 2.13. The molecule has 2 heterocycles. The Morgan fingerprint density at radius 3 is 3.19 bits per heavy atom. The number of aryl methyl sites for hydroxylation is 1. The second kappa shape index (κ2) is 4.65. The van der Waals surface area contributed by atoms with Crippen LogP contribution in [0.2, 0.25) is 0 Å². The van der Waals surface area contributed by atoms with E-state index in [1.165, 1.54) is 0 Å². The van der Waals surface area contributed by atoms with Crippen molar-refractivity contribution in [2.45, 2.75) is 20.0 Å². The standard InChI is InChI=1S/C11H14N4O/c1-2-15-5-3-4-10(15)11(16)12-6-9-7-13-14-8-9/h3-5,7-8H,2,6H2,1H3,(H,12,16)(H,13,14). The first kappa shape index (κ1) is 10.5. The molecule has 2 rings (SSSR count). The molecule has 2 aromatic rings. The molecule has 0 radical (unpaired) electrons. The first-order valence-corrected chi connectivity index (χ1v) is 5.22. The molecule has 5 nitrogen and oxygen atoms in total. The van der Waals surface area contributed by atoms with Crippen LogP contribution in [0.4, 0.5) is 0 Å². The summed E-state index contributed by atoms with van der Waals surface area (Å²) in [5, 5.41) is 9.36. The van der Waals surface area contributed by atoms with Crippen LogP contribution in [0, 0.1) is 0 Å². The Morgan fingerprint density at radius 1 is 1.62 bits per heavy atom. The fraction of sp³-hybridized carbons (Fsp3) is 0.273. The van der Waals surface area contributed by atoms with Crippen molar-refractivity contribution in [3.05, 3.63) is 42.0 Å². The van der Waals surface area contributed by atoms with Crippen LogP contribution >= 0.6 is 0 Å². The maximum Gasteiger partial charge on any atom is 0.268 e. The molecule has 0 saturated carbocycles. The highest BCUT2D eigenvalue weighted by Crippen LogP contribution is 2.02. The van der Waals surface area contributed by atoms with Gasteiger partial charge in [-0.25, -0.2) is 0 Å². The molecule has 2 aromatic heterocycles. The summed E-state index contributed by atoms with van der Waals surface area (Å²) in [7, 11) is 0. The van der Waals surface area contributed by atoms with Crippen LogP contribution in [-0.2, 0) is 13.1 Å². The van der Waals surface area contributed by atoms with Gasteiger partial charge in [-0.2, -0.15) is 5.10 Å². The maximum absolute atomic E-state index is 11.8. The van der Waals surface area contributed by atoms with E-state index in [2.05, 4.69) is 15.5 Å². The zero-order chi connectivity index (χ0) is 11.4.